The summed E-state index contributed by atoms with van der Waals surface area (Å²) in [5.41, 5.74) is 5.60. The number of ketones is 1. The number of aromatic amines is 1. The van der Waals surface area contributed by atoms with Crippen molar-refractivity contribution in [3.8, 4) is 39.6 Å². The molecule has 0 aliphatic heterocycles. The molecule has 0 aliphatic rings. The number of benzene rings is 3. The van der Waals surface area contributed by atoms with Crippen molar-refractivity contribution < 1.29 is 19.0 Å². The fraction of sp³-hybridized carbons (Fsp3) is 0.148. The van der Waals surface area contributed by atoms with Gasteiger partial charge in [0, 0.05) is 16.8 Å². The van der Waals surface area contributed by atoms with Crippen LogP contribution in [0.25, 0.3) is 22.4 Å². The van der Waals surface area contributed by atoms with E-state index in [0.29, 0.717) is 28.5 Å². The lowest BCUT2D eigenvalue weighted by Gasteiger charge is -2.15. The molecule has 32 heavy (non-hydrogen) atoms. The smallest absolute Gasteiger partial charge is 0.209 e. The lowest BCUT2D eigenvalue weighted by molar-refractivity contribution is 0.103. The Morgan fingerprint density at radius 2 is 1.31 bits per heavy atom. The minimum atomic E-state index is -0.0837. The average Bonchev–Trinajstić information content (AvgIpc) is 3.20. The highest BCUT2D eigenvalue weighted by molar-refractivity contribution is 6.13. The van der Waals surface area contributed by atoms with Crippen LogP contribution >= 0.6 is 0 Å². The zero-order valence-corrected chi connectivity index (χ0v) is 18.6. The molecule has 3 aromatic carbocycles. The number of carbonyl (C=O) groups excluding carboxylic acids is 1. The van der Waals surface area contributed by atoms with Gasteiger partial charge in [0.1, 0.15) is 0 Å². The van der Waals surface area contributed by atoms with Crippen LogP contribution in [-0.4, -0.2) is 32.1 Å². The molecule has 5 nitrogen and oxygen atoms in total. The van der Waals surface area contributed by atoms with Gasteiger partial charge in [-0.2, -0.15) is 0 Å². The van der Waals surface area contributed by atoms with Gasteiger partial charge in [-0.1, -0.05) is 60.7 Å². The third-order valence-electron chi connectivity index (χ3n) is 5.53. The fourth-order valence-corrected chi connectivity index (χ4v) is 3.98. The Bertz CT molecular complexity index is 1220. The summed E-state index contributed by atoms with van der Waals surface area (Å²) in [7, 11) is 4.73. The first-order chi connectivity index (χ1) is 15.6. The predicted molar refractivity (Wildman–Crippen MR) is 126 cm³/mol. The molecule has 0 saturated carbocycles. The molecule has 1 aromatic heterocycles. The van der Waals surface area contributed by atoms with E-state index in [-0.39, 0.29) is 5.78 Å². The molecule has 0 aliphatic carbocycles. The van der Waals surface area contributed by atoms with Crippen LogP contribution in [0.5, 0.6) is 17.2 Å². The van der Waals surface area contributed by atoms with Crippen molar-refractivity contribution in [2.75, 3.05) is 21.3 Å². The molecule has 0 atom stereocenters. The molecule has 4 aromatic rings. The Morgan fingerprint density at radius 3 is 1.84 bits per heavy atom. The van der Waals surface area contributed by atoms with Gasteiger partial charge in [-0.3, -0.25) is 4.79 Å². The number of rotatable bonds is 7. The van der Waals surface area contributed by atoms with E-state index in [1.54, 1.807) is 21.3 Å². The molecule has 0 spiro atoms. The lowest BCUT2D eigenvalue weighted by atomic mass is 9.95. The van der Waals surface area contributed by atoms with Gasteiger partial charge in [-0.15, -0.1) is 0 Å². The molecular formula is C27H25NO4. The van der Waals surface area contributed by atoms with Gasteiger partial charge < -0.3 is 19.2 Å². The Kier molecular flexibility index (Phi) is 5.99. The monoisotopic (exact) mass is 427 g/mol. The van der Waals surface area contributed by atoms with Crippen LogP contribution in [0.1, 0.15) is 21.6 Å². The second-order valence-electron chi connectivity index (χ2n) is 7.35. The molecule has 0 amide bonds. The molecule has 1 heterocycles. The van der Waals surface area contributed by atoms with Gasteiger partial charge in [0.25, 0.3) is 0 Å². The van der Waals surface area contributed by atoms with Crippen molar-refractivity contribution in [2.24, 2.45) is 0 Å². The average molecular weight is 428 g/mol. The maximum atomic E-state index is 13.6. The first kappa shape index (κ1) is 21.2. The highest BCUT2D eigenvalue weighted by atomic mass is 16.5. The highest BCUT2D eigenvalue weighted by Gasteiger charge is 2.25. The Balaban J connectivity index is 1.99. The van der Waals surface area contributed by atoms with Crippen molar-refractivity contribution in [2.45, 2.75) is 6.92 Å². The van der Waals surface area contributed by atoms with Crippen LogP contribution in [0.4, 0.5) is 0 Å². The molecule has 5 heteroatoms. The Morgan fingerprint density at radius 1 is 0.750 bits per heavy atom. The van der Waals surface area contributed by atoms with Crippen molar-refractivity contribution in [1.82, 2.24) is 4.98 Å². The maximum Gasteiger partial charge on any atom is 0.209 e. The SMILES string of the molecule is COc1cc(-c2c(C(=O)c3ccccc3)[nH]c(-c3ccccc3)c2C)cc(OC)c1OC. The van der Waals surface area contributed by atoms with Crippen molar-refractivity contribution in [3.63, 3.8) is 0 Å². The first-order valence-corrected chi connectivity index (χ1v) is 10.3. The van der Waals surface area contributed by atoms with Crippen LogP contribution in [0.2, 0.25) is 0 Å². The number of hydrogen-bond donors (Lipinski definition) is 1. The third kappa shape index (κ3) is 3.73. The number of H-pyrrole nitrogens is 1. The number of aromatic nitrogens is 1. The van der Waals surface area contributed by atoms with Gasteiger partial charge in [0.2, 0.25) is 11.5 Å². The van der Waals surface area contributed by atoms with Crippen molar-refractivity contribution >= 4 is 5.78 Å². The number of ether oxygens (including phenoxy) is 3. The van der Waals surface area contributed by atoms with E-state index >= 15 is 0 Å². The van der Waals surface area contributed by atoms with E-state index in [1.807, 2.05) is 79.7 Å². The molecule has 4 rings (SSSR count). The molecule has 0 unspecified atom stereocenters. The summed E-state index contributed by atoms with van der Waals surface area (Å²) in [5.74, 6) is 1.48. The van der Waals surface area contributed by atoms with Crippen LogP contribution < -0.4 is 14.2 Å². The largest absolute Gasteiger partial charge is 0.493 e. The number of methoxy groups -OCH3 is 3. The van der Waals surface area contributed by atoms with Crippen LogP contribution in [-0.2, 0) is 0 Å². The second-order valence-corrected chi connectivity index (χ2v) is 7.35. The summed E-state index contributed by atoms with van der Waals surface area (Å²) in [6.07, 6.45) is 0. The first-order valence-electron chi connectivity index (χ1n) is 10.3. The standard InChI is InChI=1S/C27H25NO4/c1-17-23(20-15-21(30-2)27(32-4)22(16-20)31-3)25(26(29)19-13-9-6-10-14-19)28-24(17)18-11-7-5-8-12-18/h5-16,28H,1-4H3. The summed E-state index contributed by atoms with van der Waals surface area (Å²) in [4.78, 5) is 17.0. The van der Waals surface area contributed by atoms with Gasteiger partial charge in [0.15, 0.2) is 11.5 Å². The van der Waals surface area contributed by atoms with E-state index < -0.39 is 0 Å². The highest BCUT2D eigenvalue weighted by Crippen LogP contribution is 2.44. The summed E-state index contributed by atoms with van der Waals surface area (Å²) in [6.45, 7) is 2.01. The van der Waals surface area contributed by atoms with Gasteiger partial charge in [-0.25, -0.2) is 0 Å². The van der Waals surface area contributed by atoms with Crippen molar-refractivity contribution in [3.05, 3.63) is 89.6 Å². The zero-order valence-electron chi connectivity index (χ0n) is 18.6. The third-order valence-corrected chi connectivity index (χ3v) is 5.53. The summed E-state index contributed by atoms with van der Waals surface area (Å²) < 4.78 is 16.6. The molecule has 0 saturated heterocycles. The number of carbonyl (C=O) groups is 1. The van der Waals surface area contributed by atoms with E-state index in [1.165, 1.54) is 0 Å². The fourth-order valence-electron chi connectivity index (χ4n) is 3.98. The van der Waals surface area contributed by atoms with E-state index in [9.17, 15) is 4.79 Å². The van der Waals surface area contributed by atoms with E-state index in [0.717, 1.165) is 27.9 Å². The molecule has 162 valence electrons. The minimum absolute atomic E-state index is 0.0837. The topological polar surface area (TPSA) is 60.6 Å². The molecule has 0 bridgehead atoms. The summed E-state index contributed by atoms with van der Waals surface area (Å²) in [5, 5.41) is 0. The number of hydrogen-bond acceptors (Lipinski definition) is 4. The molecule has 0 fully saturated rings. The maximum absolute atomic E-state index is 13.6. The van der Waals surface area contributed by atoms with Crippen molar-refractivity contribution in [1.29, 1.82) is 0 Å². The zero-order chi connectivity index (χ0) is 22.7. The number of nitrogens with one attached hydrogen (secondary N) is 1. The lowest BCUT2D eigenvalue weighted by Crippen LogP contribution is -2.04. The van der Waals surface area contributed by atoms with Gasteiger partial charge >= 0.3 is 0 Å². The van der Waals surface area contributed by atoms with E-state index in [4.69, 9.17) is 14.2 Å². The molecular weight excluding hydrogens is 402 g/mol. The normalized spacial score (nSPS) is 10.6. The second kappa shape index (κ2) is 9.02. The van der Waals surface area contributed by atoms with Gasteiger partial charge in [0.05, 0.1) is 27.0 Å². The molecule has 1 N–H and O–H groups in total. The predicted octanol–water partition coefficient (Wildman–Crippen LogP) is 5.91. The van der Waals surface area contributed by atoms with Crippen LogP contribution in [0, 0.1) is 6.92 Å². The van der Waals surface area contributed by atoms with Crippen LogP contribution in [0.3, 0.4) is 0 Å². The van der Waals surface area contributed by atoms with Crippen LogP contribution in [0.15, 0.2) is 72.8 Å². The molecule has 0 radical (unpaired) electrons. The summed E-state index contributed by atoms with van der Waals surface area (Å²) >= 11 is 0. The Labute approximate surface area is 187 Å². The quantitative estimate of drug-likeness (QED) is 0.372. The Hall–Kier alpha value is -3.99. The van der Waals surface area contributed by atoms with E-state index in [2.05, 4.69) is 4.98 Å². The summed E-state index contributed by atoms with van der Waals surface area (Å²) in [6, 6.07) is 23.0. The van der Waals surface area contributed by atoms with Gasteiger partial charge in [-0.05, 0) is 35.7 Å². The minimum Gasteiger partial charge on any atom is -0.493 e.